The van der Waals surface area contributed by atoms with Gasteiger partial charge in [0.25, 0.3) is 0 Å². The van der Waals surface area contributed by atoms with Gasteiger partial charge < -0.3 is 19.4 Å². The molecule has 0 unspecified atom stereocenters. The quantitative estimate of drug-likeness (QED) is 0.808. The molecule has 2 aliphatic rings. The van der Waals surface area contributed by atoms with Crippen molar-refractivity contribution < 1.29 is 9.53 Å². The summed E-state index contributed by atoms with van der Waals surface area (Å²) in [6.07, 6.45) is 1.94. The normalized spacial score (nSPS) is 20.2. The van der Waals surface area contributed by atoms with Crippen molar-refractivity contribution in [2.75, 3.05) is 56.2 Å². The van der Waals surface area contributed by atoms with Gasteiger partial charge in [0.1, 0.15) is 0 Å². The summed E-state index contributed by atoms with van der Waals surface area (Å²) < 4.78 is 5.08. The zero-order valence-electron chi connectivity index (χ0n) is 16.3. The Kier molecular flexibility index (Phi) is 5.60. The standard InChI is InChI=1S/C21H27N5O2/c1-28-20-10-9-19(22-23-20)26-11-5-6-17(16-26)21(27)25-14-12-24(13-15-25)18-7-3-2-4-8-18/h2-4,7-10,17H,5-6,11-16H2,1H3/t17-/m1/s1. The number of piperazine rings is 1. The Hall–Kier alpha value is -2.83. The number of methoxy groups -OCH3 is 1. The molecule has 7 heteroatoms. The Balaban J connectivity index is 1.34. The predicted molar refractivity (Wildman–Crippen MR) is 109 cm³/mol. The van der Waals surface area contributed by atoms with E-state index in [1.54, 1.807) is 7.11 Å². The number of hydrogen-bond acceptors (Lipinski definition) is 6. The molecule has 2 aromatic rings. The number of ether oxygens (including phenoxy) is 1. The summed E-state index contributed by atoms with van der Waals surface area (Å²) >= 11 is 0. The molecule has 0 aliphatic carbocycles. The van der Waals surface area contributed by atoms with E-state index in [-0.39, 0.29) is 11.8 Å². The summed E-state index contributed by atoms with van der Waals surface area (Å²) in [4.78, 5) is 19.6. The van der Waals surface area contributed by atoms with Crippen molar-refractivity contribution in [2.45, 2.75) is 12.8 Å². The van der Waals surface area contributed by atoms with Crippen LogP contribution in [0.5, 0.6) is 5.88 Å². The van der Waals surface area contributed by atoms with Crippen molar-refractivity contribution in [1.29, 1.82) is 0 Å². The number of nitrogens with zero attached hydrogens (tertiary/aromatic N) is 5. The molecular formula is C21H27N5O2. The highest BCUT2D eigenvalue weighted by atomic mass is 16.5. The van der Waals surface area contributed by atoms with Crippen molar-refractivity contribution in [3.63, 3.8) is 0 Å². The molecule has 4 rings (SSSR count). The topological polar surface area (TPSA) is 61.8 Å². The van der Waals surface area contributed by atoms with E-state index in [0.29, 0.717) is 12.4 Å². The number of benzene rings is 1. The molecule has 0 bridgehead atoms. The summed E-state index contributed by atoms with van der Waals surface area (Å²) in [6, 6.07) is 14.1. The fourth-order valence-electron chi connectivity index (χ4n) is 4.06. The first-order valence-electron chi connectivity index (χ1n) is 9.96. The highest BCUT2D eigenvalue weighted by Gasteiger charge is 2.31. The Labute approximate surface area is 165 Å². The van der Waals surface area contributed by atoms with Gasteiger partial charge in [-0.15, -0.1) is 10.2 Å². The highest BCUT2D eigenvalue weighted by molar-refractivity contribution is 5.80. The molecule has 2 saturated heterocycles. The average Bonchev–Trinajstić information content (AvgIpc) is 2.79. The maximum absolute atomic E-state index is 13.1. The number of para-hydroxylation sites is 1. The smallest absolute Gasteiger partial charge is 0.233 e. The van der Waals surface area contributed by atoms with Crippen molar-refractivity contribution >= 4 is 17.4 Å². The maximum Gasteiger partial charge on any atom is 0.233 e. The lowest BCUT2D eigenvalue weighted by Crippen LogP contribution is -2.52. The second-order valence-corrected chi connectivity index (χ2v) is 7.37. The molecule has 148 valence electrons. The molecule has 7 nitrogen and oxygen atoms in total. The molecular weight excluding hydrogens is 354 g/mol. The number of rotatable bonds is 4. The molecule has 3 heterocycles. The molecule has 2 aliphatic heterocycles. The molecule has 0 saturated carbocycles. The first kappa shape index (κ1) is 18.5. The van der Waals surface area contributed by atoms with E-state index >= 15 is 0 Å². The first-order chi connectivity index (χ1) is 13.7. The van der Waals surface area contributed by atoms with Crippen molar-refractivity contribution in [1.82, 2.24) is 15.1 Å². The third-order valence-corrected chi connectivity index (χ3v) is 5.64. The van der Waals surface area contributed by atoms with Crippen molar-refractivity contribution in [3.05, 3.63) is 42.5 Å². The minimum absolute atomic E-state index is 0.0286. The highest BCUT2D eigenvalue weighted by Crippen LogP contribution is 2.24. The second-order valence-electron chi connectivity index (χ2n) is 7.37. The number of aromatic nitrogens is 2. The maximum atomic E-state index is 13.1. The van der Waals surface area contributed by atoms with E-state index < -0.39 is 0 Å². The number of carbonyl (C=O) groups excluding carboxylic acids is 1. The lowest BCUT2D eigenvalue weighted by Gasteiger charge is -2.39. The van der Waals surface area contributed by atoms with Gasteiger partial charge in [-0.05, 0) is 31.0 Å². The van der Waals surface area contributed by atoms with E-state index in [0.717, 1.165) is 51.4 Å². The number of amides is 1. The molecule has 1 amide bonds. The predicted octanol–water partition coefficient (Wildman–Crippen LogP) is 2.05. The fourth-order valence-corrected chi connectivity index (χ4v) is 4.06. The molecule has 0 radical (unpaired) electrons. The van der Waals surface area contributed by atoms with Crippen LogP contribution in [0, 0.1) is 5.92 Å². The summed E-state index contributed by atoms with van der Waals surface area (Å²) in [5.41, 5.74) is 1.23. The fraction of sp³-hybridized carbons (Fsp3) is 0.476. The van der Waals surface area contributed by atoms with Crippen LogP contribution in [0.4, 0.5) is 11.5 Å². The van der Waals surface area contributed by atoms with Gasteiger partial charge in [-0.1, -0.05) is 18.2 Å². The monoisotopic (exact) mass is 381 g/mol. The minimum Gasteiger partial charge on any atom is -0.480 e. The Bertz CT molecular complexity index is 775. The van der Waals surface area contributed by atoms with Crippen LogP contribution in [-0.2, 0) is 4.79 Å². The third kappa shape index (κ3) is 4.03. The van der Waals surface area contributed by atoms with Crippen LogP contribution in [0.25, 0.3) is 0 Å². The Morgan fingerprint density at radius 2 is 1.75 bits per heavy atom. The van der Waals surface area contributed by atoms with Crippen LogP contribution in [0.1, 0.15) is 12.8 Å². The lowest BCUT2D eigenvalue weighted by molar-refractivity contribution is -0.136. The van der Waals surface area contributed by atoms with Crippen molar-refractivity contribution in [3.8, 4) is 5.88 Å². The van der Waals surface area contributed by atoms with Crippen LogP contribution in [0.15, 0.2) is 42.5 Å². The van der Waals surface area contributed by atoms with Crippen LogP contribution >= 0.6 is 0 Å². The summed E-state index contributed by atoms with van der Waals surface area (Å²) in [5, 5.41) is 8.30. The van der Waals surface area contributed by atoms with E-state index in [9.17, 15) is 4.79 Å². The van der Waals surface area contributed by atoms with Gasteiger partial charge in [-0.2, -0.15) is 0 Å². The summed E-state index contributed by atoms with van der Waals surface area (Å²) in [7, 11) is 1.58. The number of piperidine rings is 1. The van der Waals surface area contributed by atoms with Crippen LogP contribution in [-0.4, -0.2) is 67.4 Å². The van der Waals surface area contributed by atoms with Gasteiger partial charge in [0.15, 0.2) is 5.82 Å². The third-order valence-electron chi connectivity index (χ3n) is 5.64. The zero-order valence-corrected chi connectivity index (χ0v) is 16.3. The van der Waals surface area contributed by atoms with E-state index in [2.05, 4.69) is 44.3 Å². The van der Waals surface area contributed by atoms with Gasteiger partial charge >= 0.3 is 0 Å². The molecule has 0 N–H and O–H groups in total. The van der Waals surface area contributed by atoms with Gasteiger partial charge in [0.2, 0.25) is 11.8 Å². The molecule has 2 fully saturated rings. The molecule has 1 aromatic carbocycles. The van der Waals surface area contributed by atoms with Crippen LogP contribution in [0.2, 0.25) is 0 Å². The van der Waals surface area contributed by atoms with E-state index in [1.165, 1.54) is 5.69 Å². The Morgan fingerprint density at radius 1 is 0.964 bits per heavy atom. The number of carbonyl (C=O) groups is 1. The SMILES string of the molecule is COc1ccc(N2CCC[C@@H](C(=O)N3CCN(c4ccccc4)CC3)C2)nn1. The average molecular weight is 381 g/mol. The summed E-state index contributed by atoms with van der Waals surface area (Å²) in [6.45, 7) is 4.96. The van der Waals surface area contributed by atoms with E-state index in [1.807, 2.05) is 23.1 Å². The van der Waals surface area contributed by atoms with Crippen molar-refractivity contribution in [2.24, 2.45) is 5.92 Å². The molecule has 1 aromatic heterocycles. The van der Waals surface area contributed by atoms with Gasteiger partial charge in [0, 0.05) is 51.0 Å². The molecule has 1 atom stereocenters. The van der Waals surface area contributed by atoms with E-state index in [4.69, 9.17) is 4.74 Å². The molecule has 0 spiro atoms. The summed E-state index contributed by atoms with van der Waals surface area (Å²) in [5.74, 6) is 1.62. The second kappa shape index (κ2) is 8.46. The lowest BCUT2D eigenvalue weighted by atomic mass is 9.96. The molecule has 28 heavy (non-hydrogen) atoms. The largest absolute Gasteiger partial charge is 0.480 e. The van der Waals surface area contributed by atoms with Crippen LogP contribution < -0.4 is 14.5 Å². The Morgan fingerprint density at radius 3 is 2.43 bits per heavy atom. The van der Waals surface area contributed by atoms with Crippen LogP contribution in [0.3, 0.4) is 0 Å². The van der Waals surface area contributed by atoms with Gasteiger partial charge in [-0.3, -0.25) is 4.79 Å². The minimum atomic E-state index is 0.0286. The number of hydrogen-bond donors (Lipinski definition) is 0. The van der Waals surface area contributed by atoms with Gasteiger partial charge in [-0.25, -0.2) is 0 Å². The first-order valence-corrected chi connectivity index (χ1v) is 9.96. The van der Waals surface area contributed by atoms with Gasteiger partial charge in [0.05, 0.1) is 13.0 Å². The number of anilines is 2. The zero-order chi connectivity index (χ0) is 19.3.